The smallest absolute Gasteiger partial charge is 0.264 e. The first kappa shape index (κ1) is 30.5. The molecule has 3 aromatic carbocycles. The summed E-state index contributed by atoms with van der Waals surface area (Å²) in [6.45, 7) is 5.15. The number of carbonyl (C=O) groups is 2. The van der Waals surface area contributed by atoms with Crippen LogP contribution in [0.2, 0.25) is 10.0 Å². The lowest BCUT2D eigenvalue weighted by atomic mass is 10.1. The van der Waals surface area contributed by atoms with E-state index in [1.54, 1.807) is 24.3 Å². The Kier molecular flexibility index (Phi) is 10.8. The number of hydrogen-bond donors (Lipinski definition) is 1. The van der Waals surface area contributed by atoms with Gasteiger partial charge in [0.1, 0.15) is 12.6 Å². The average molecular weight is 591 g/mol. The van der Waals surface area contributed by atoms with Crippen LogP contribution in [0.3, 0.4) is 0 Å². The van der Waals surface area contributed by atoms with E-state index in [-0.39, 0.29) is 39.1 Å². The fourth-order valence-corrected chi connectivity index (χ4v) is 6.09. The van der Waals surface area contributed by atoms with Crippen LogP contribution in [0.4, 0.5) is 5.69 Å². The standard InChI is InChI=1S/C29H33Cl2N3O4S/c1-4-25(29(36)32-21(2)3)33(19-18-22-12-7-5-8-13-22)27(35)20-34(26-17-11-16-24(30)28(26)31)39(37,38)23-14-9-6-10-15-23/h5-17,21,25H,4,18-20H2,1-3H3,(H,32,36). The van der Waals surface area contributed by atoms with E-state index in [2.05, 4.69) is 5.32 Å². The Morgan fingerprint density at radius 2 is 1.51 bits per heavy atom. The second-order valence-electron chi connectivity index (χ2n) is 9.31. The van der Waals surface area contributed by atoms with E-state index in [0.717, 1.165) is 9.87 Å². The molecule has 0 heterocycles. The highest BCUT2D eigenvalue weighted by Crippen LogP contribution is 2.35. The quantitative estimate of drug-likeness (QED) is 0.299. The lowest BCUT2D eigenvalue weighted by Crippen LogP contribution is -2.54. The summed E-state index contributed by atoms with van der Waals surface area (Å²) < 4.78 is 28.6. The van der Waals surface area contributed by atoms with Gasteiger partial charge in [0.15, 0.2) is 0 Å². The molecule has 0 saturated carbocycles. The van der Waals surface area contributed by atoms with Crippen molar-refractivity contribution in [3.05, 3.63) is 94.5 Å². The van der Waals surface area contributed by atoms with E-state index < -0.39 is 28.5 Å². The number of sulfonamides is 1. The molecule has 10 heteroatoms. The maximum absolute atomic E-state index is 14.0. The highest BCUT2D eigenvalue weighted by molar-refractivity contribution is 7.92. The second kappa shape index (κ2) is 13.8. The van der Waals surface area contributed by atoms with Gasteiger partial charge in [0.05, 0.1) is 20.6 Å². The second-order valence-corrected chi connectivity index (χ2v) is 12.0. The van der Waals surface area contributed by atoms with Crippen LogP contribution < -0.4 is 9.62 Å². The van der Waals surface area contributed by atoms with Gasteiger partial charge in [-0.25, -0.2) is 8.42 Å². The van der Waals surface area contributed by atoms with E-state index in [0.29, 0.717) is 12.8 Å². The van der Waals surface area contributed by atoms with Crippen LogP contribution in [0.1, 0.15) is 32.8 Å². The van der Waals surface area contributed by atoms with Crippen molar-refractivity contribution in [1.82, 2.24) is 10.2 Å². The van der Waals surface area contributed by atoms with E-state index in [9.17, 15) is 18.0 Å². The Labute approximate surface area is 240 Å². The molecule has 0 aliphatic heterocycles. The third-order valence-corrected chi connectivity index (χ3v) is 8.69. The summed E-state index contributed by atoms with van der Waals surface area (Å²) in [5.41, 5.74) is 1.06. The summed E-state index contributed by atoms with van der Waals surface area (Å²) in [7, 11) is -4.22. The van der Waals surface area contributed by atoms with Crippen molar-refractivity contribution in [1.29, 1.82) is 0 Å². The minimum atomic E-state index is -4.22. The summed E-state index contributed by atoms with van der Waals surface area (Å²) >= 11 is 12.7. The van der Waals surface area contributed by atoms with E-state index in [1.165, 1.54) is 29.2 Å². The fraction of sp³-hybridized carbons (Fsp3) is 0.310. The molecule has 2 amide bonds. The first-order chi connectivity index (χ1) is 18.6. The molecule has 1 atom stereocenters. The summed E-state index contributed by atoms with van der Waals surface area (Å²) in [6.07, 6.45) is 0.837. The zero-order valence-corrected chi connectivity index (χ0v) is 24.5. The zero-order chi connectivity index (χ0) is 28.6. The van der Waals surface area contributed by atoms with Gasteiger partial charge in [0.2, 0.25) is 11.8 Å². The van der Waals surface area contributed by atoms with Crippen LogP contribution in [0.5, 0.6) is 0 Å². The number of nitrogens with one attached hydrogen (secondary N) is 1. The molecule has 0 spiro atoms. The molecule has 39 heavy (non-hydrogen) atoms. The molecule has 1 N–H and O–H groups in total. The molecule has 0 radical (unpaired) electrons. The molecule has 208 valence electrons. The maximum atomic E-state index is 14.0. The fourth-order valence-electron chi connectivity index (χ4n) is 4.19. The molecule has 3 rings (SSSR count). The SMILES string of the molecule is CCC(C(=O)NC(C)C)N(CCc1ccccc1)C(=O)CN(c1cccc(Cl)c1Cl)S(=O)(=O)c1ccccc1. The van der Waals surface area contributed by atoms with E-state index in [1.807, 2.05) is 51.1 Å². The largest absolute Gasteiger partial charge is 0.352 e. The molecule has 0 aromatic heterocycles. The molecule has 1 unspecified atom stereocenters. The Morgan fingerprint density at radius 3 is 2.10 bits per heavy atom. The minimum Gasteiger partial charge on any atom is -0.352 e. The van der Waals surface area contributed by atoms with Gasteiger partial charge in [0.25, 0.3) is 10.0 Å². The summed E-state index contributed by atoms with van der Waals surface area (Å²) in [5.74, 6) is -0.834. The van der Waals surface area contributed by atoms with E-state index >= 15 is 0 Å². The number of amides is 2. The Bertz CT molecular complexity index is 1370. The summed E-state index contributed by atoms with van der Waals surface area (Å²) in [5, 5.41) is 3.04. The molecular weight excluding hydrogens is 557 g/mol. The Morgan fingerprint density at radius 1 is 0.897 bits per heavy atom. The molecule has 7 nitrogen and oxygen atoms in total. The van der Waals surface area contributed by atoms with Crippen molar-refractivity contribution >= 4 is 50.7 Å². The van der Waals surface area contributed by atoms with Gasteiger partial charge in [-0.3, -0.25) is 13.9 Å². The third-order valence-electron chi connectivity index (χ3n) is 6.11. The van der Waals surface area contributed by atoms with Gasteiger partial charge in [-0.1, -0.05) is 84.7 Å². The van der Waals surface area contributed by atoms with Crippen molar-refractivity contribution < 1.29 is 18.0 Å². The average Bonchev–Trinajstić information content (AvgIpc) is 2.91. The van der Waals surface area contributed by atoms with Crippen molar-refractivity contribution in [2.45, 2.75) is 50.6 Å². The molecule has 0 bridgehead atoms. The monoisotopic (exact) mass is 589 g/mol. The van der Waals surface area contributed by atoms with Crippen LogP contribution >= 0.6 is 23.2 Å². The predicted molar refractivity (Wildman–Crippen MR) is 157 cm³/mol. The van der Waals surface area contributed by atoms with Crippen molar-refractivity contribution in [3.63, 3.8) is 0 Å². The molecule has 0 aliphatic rings. The van der Waals surface area contributed by atoms with Crippen molar-refractivity contribution in [2.75, 3.05) is 17.4 Å². The predicted octanol–water partition coefficient (Wildman–Crippen LogP) is 5.56. The van der Waals surface area contributed by atoms with Gasteiger partial charge >= 0.3 is 0 Å². The highest BCUT2D eigenvalue weighted by Gasteiger charge is 2.34. The number of hydrogen-bond acceptors (Lipinski definition) is 4. The lowest BCUT2D eigenvalue weighted by Gasteiger charge is -2.33. The van der Waals surface area contributed by atoms with Crippen LogP contribution in [-0.2, 0) is 26.0 Å². The minimum absolute atomic E-state index is 0.00531. The molecule has 0 fully saturated rings. The van der Waals surface area contributed by atoms with Gasteiger partial charge < -0.3 is 10.2 Å². The number of carbonyl (C=O) groups excluding carboxylic acids is 2. The van der Waals surface area contributed by atoms with Crippen LogP contribution in [0.25, 0.3) is 0 Å². The molecule has 0 aliphatic carbocycles. The molecule has 0 saturated heterocycles. The van der Waals surface area contributed by atoms with E-state index in [4.69, 9.17) is 23.2 Å². The Balaban J connectivity index is 2.04. The number of anilines is 1. The van der Waals surface area contributed by atoms with Crippen molar-refractivity contribution in [2.24, 2.45) is 0 Å². The molecule has 3 aromatic rings. The van der Waals surface area contributed by atoms with Crippen molar-refractivity contribution in [3.8, 4) is 0 Å². The number of nitrogens with zero attached hydrogens (tertiary/aromatic N) is 2. The molecular formula is C29H33Cl2N3O4S. The maximum Gasteiger partial charge on any atom is 0.264 e. The number of benzene rings is 3. The van der Waals surface area contributed by atoms with Gasteiger partial charge in [0, 0.05) is 12.6 Å². The third kappa shape index (κ3) is 7.75. The Hall–Kier alpha value is -3.07. The lowest BCUT2D eigenvalue weighted by molar-refractivity contribution is -0.139. The van der Waals surface area contributed by atoms with Gasteiger partial charge in [-0.2, -0.15) is 0 Å². The topological polar surface area (TPSA) is 86.8 Å². The number of rotatable bonds is 12. The van der Waals surface area contributed by atoms with Crippen LogP contribution in [0, 0.1) is 0 Å². The zero-order valence-electron chi connectivity index (χ0n) is 22.2. The van der Waals surface area contributed by atoms with Crippen LogP contribution in [-0.4, -0.2) is 50.3 Å². The van der Waals surface area contributed by atoms with Crippen LogP contribution in [0.15, 0.2) is 83.8 Å². The van der Waals surface area contributed by atoms with Gasteiger partial charge in [-0.15, -0.1) is 0 Å². The normalized spacial score (nSPS) is 12.2. The first-order valence-corrected chi connectivity index (χ1v) is 14.9. The summed E-state index contributed by atoms with van der Waals surface area (Å²) in [4.78, 5) is 28.6. The first-order valence-electron chi connectivity index (χ1n) is 12.7. The summed E-state index contributed by atoms with van der Waals surface area (Å²) in [6, 6.07) is 21.1. The number of halogens is 2. The van der Waals surface area contributed by atoms with Gasteiger partial charge in [-0.05, 0) is 56.5 Å². The highest BCUT2D eigenvalue weighted by atomic mass is 35.5.